The van der Waals surface area contributed by atoms with Crippen LogP contribution < -0.4 is 10.6 Å². The topological polar surface area (TPSA) is 404 Å². The van der Waals surface area contributed by atoms with Gasteiger partial charge in [0.05, 0.1) is 39.6 Å². The maximum Gasteiger partial charge on any atom is 0.327 e. The van der Waals surface area contributed by atoms with Crippen LogP contribution in [0.4, 0.5) is 0 Å². The van der Waals surface area contributed by atoms with E-state index in [2.05, 4.69) is 48.8 Å². The van der Waals surface area contributed by atoms with Crippen LogP contribution in [0.1, 0.15) is 226 Å². The third-order valence-electron chi connectivity index (χ3n) is 17.3. The molecule has 566 valence electrons. The number of allylic oxidation sites excluding steroid dienone is 4. The van der Waals surface area contributed by atoms with Gasteiger partial charge < -0.3 is 109 Å². The lowest BCUT2D eigenvalue weighted by atomic mass is 9.96. The van der Waals surface area contributed by atoms with E-state index in [4.69, 9.17) is 46.9 Å². The zero-order valence-electron chi connectivity index (χ0n) is 58.3. The van der Waals surface area contributed by atoms with E-state index in [1.807, 2.05) is 0 Å². The molecule has 3 rings (SSSR count). The van der Waals surface area contributed by atoms with E-state index >= 15 is 0 Å². The second-order valence-corrected chi connectivity index (χ2v) is 27.9. The summed E-state index contributed by atoms with van der Waals surface area (Å²) in [5.41, 5.74) is 0. The number of aliphatic hydroxyl groups is 10. The molecule has 0 aromatic heterocycles. The molecule has 3 heterocycles. The van der Waals surface area contributed by atoms with Crippen LogP contribution in [0.25, 0.3) is 0 Å². The number of ether oxygens (including phenoxy) is 8. The van der Waals surface area contributed by atoms with Gasteiger partial charge in [-0.3, -0.25) is 23.7 Å². The Morgan fingerprint density at radius 1 is 0.433 bits per heavy atom. The van der Waals surface area contributed by atoms with E-state index < -0.39 is 138 Å². The summed E-state index contributed by atoms with van der Waals surface area (Å²) < 4.78 is 69.1. The van der Waals surface area contributed by atoms with Crippen molar-refractivity contribution in [3.8, 4) is 0 Å². The van der Waals surface area contributed by atoms with E-state index in [9.17, 15) is 74.8 Å². The molecule has 0 spiro atoms. The number of nitrogens with one attached hydrogen (secondary N) is 2. The standard InChI is InChI=1S/C69H125N2O25P/c1-4-6-8-10-12-14-16-18-20-22-24-26-28-30-32-39-56(77)88-48-50(91-57(78)40-33-31-29-27-25-23-21-19-17-15-13-11-9-7-5-2)49-90-97(3,86)89-44-42-71-55(76)38-35-34-37-54(75)70-41-36-43-87-67-63(84)60(81)65(52(46-73)93-67)96-69-64(85)61(82)66(53(47-74)94-69)95-68-62(83)59(80)58(79)51(45-72)92-68/h18-21,50-53,58-69,72-74,79-85H,4-17,22-49H2,1-3H3,(H,70,75)(H,71,76)/b20-18-,21-19-/t50-,51?,52?,53?,58+,59+,60-,61-,62?,63?,64?,65-,66+,67-,68-,69+,97?/m1/s1. The maximum atomic E-state index is 13.3. The molecule has 2 amide bonds. The SMILES string of the molecule is CCCCCCCC/C=C\CCCCCCCC(=O)OC[C@H](COP(C)(=O)OCCNC(=O)CCCCC(=O)NCCCO[C@@H]1OC(CO)[C@@H](O[C@@H]2OC(CO)[C@H](O[C@H]3OC(CO)[C@H](O)[C@H](O)C3O)[C@H](O)C2O)[C@H](O)C1O)OC(=O)CCCCCCC/C=C\CCCCCCCC. The fraction of sp³-hybridized carbons (Fsp3) is 0.884. The molecule has 3 aliphatic rings. The summed E-state index contributed by atoms with van der Waals surface area (Å²) in [5.74, 6) is -1.51. The van der Waals surface area contributed by atoms with Gasteiger partial charge in [0, 0.05) is 45.4 Å². The van der Waals surface area contributed by atoms with E-state index in [0.29, 0.717) is 25.7 Å². The number of unbranched alkanes of at least 4 members (excludes halogenated alkanes) is 23. The summed E-state index contributed by atoms with van der Waals surface area (Å²) in [5, 5.41) is 110. The third kappa shape index (κ3) is 37.6. The molecular formula is C69H125N2O25P. The second kappa shape index (κ2) is 53.7. The highest BCUT2D eigenvalue weighted by Gasteiger charge is 2.53. The Balaban J connectivity index is 1.32. The van der Waals surface area contributed by atoms with Gasteiger partial charge in [-0.15, -0.1) is 0 Å². The van der Waals surface area contributed by atoms with Crippen LogP contribution in [0.15, 0.2) is 24.3 Å². The molecule has 0 bridgehead atoms. The first-order chi connectivity index (χ1) is 46.8. The molecule has 0 saturated carbocycles. The first-order valence-electron chi connectivity index (χ1n) is 36.3. The van der Waals surface area contributed by atoms with Crippen LogP contribution in [0, 0.1) is 0 Å². The summed E-state index contributed by atoms with van der Waals surface area (Å²) in [7, 11) is -3.72. The van der Waals surface area contributed by atoms with Crippen molar-refractivity contribution in [3.63, 3.8) is 0 Å². The van der Waals surface area contributed by atoms with Gasteiger partial charge in [-0.25, -0.2) is 0 Å². The van der Waals surface area contributed by atoms with Gasteiger partial charge in [0.2, 0.25) is 11.8 Å². The molecule has 3 aliphatic heterocycles. The summed E-state index contributed by atoms with van der Waals surface area (Å²) in [6.45, 7) is 2.60. The highest BCUT2D eigenvalue weighted by atomic mass is 31.2. The molecule has 27 nitrogen and oxygen atoms in total. The van der Waals surface area contributed by atoms with Crippen molar-refractivity contribution in [1.29, 1.82) is 0 Å². The van der Waals surface area contributed by atoms with Gasteiger partial charge in [-0.1, -0.05) is 141 Å². The Kier molecular flexibility index (Phi) is 48.7. The van der Waals surface area contributed by atoms with Crippen molar-refractivity contribution >= 4 is 31.3 Å². The molecular weight excluding hydrogens is 1290 g/mol. The predicted molar refractivity (Wildman–Crippen MR) is 359 cm³/mol. The molecule has 3 fully saturated rings. The van der Waals surface area contributed by atoms with Crippen LogP contribution in [0.5, 0.6) is 0 Å². The number of rotatable bonds is 57. The van der Waals surface area contributed by atoms with Gasteiger partial charge in [0.15, 0.2) is 25.0 Å². The van der Waals surface area contributed by atoms with Crippen LogP contribution in [-0.2, 0) is 70.7 Å². The zero-order chi connectivity index (χ0) is 71.1. The van der Waals surface area contributed by atoms with Crippen LogP contribution in [0.3, 0.4) is 0 Å². The predicted octanol–water partition coefficient (Wildman–Crippen LogP) is 6.02. The Morgan fingerprint density at radius 3 is 1.32 bits per heavy atom. The molecule has 0 radical (unpaired) electrons. The Labute approximate surface area is 575 Å². The fourth-order valence-corrected chi connectivity index (χ4v) is 12.3. The summed E-state index contributed by atoms with van der Waals surface area (Å²) >= 11 is 0. The van der Waals surface area contributed by atoms with Crippen molar-refractivity contribution in [1.82, 2.24) is 10.6 Å². The van der Waals surface area contributed by atoms with Gasteiger partial charge in [-0.05, 0) is 83.5 Å². The molecule has 97 heavy (non-hydrogen) atoms. The van der Waals surface area contributed by atoms with Crippen LogP contribution in [-0.4, -0.2) is 239 Å². The smallest absolute Gasteiger partial charge is 0.327 e. The molecule has 3 saturated heterocycles. The van der Waals surface area contributed by atoms with E-state index in [0.717, 1.165) is 77.0 Å². The highest BCUT2D eigenvalue weighted by Crippen LogP contribution is 2.44. The molecule has 0 aromatic carbocycles. The molecule has 12 N–H and O–H groups in total. The summed E-state index contributed by atoms with van der Waals surface area (Å²) in [6.07, 6.45) is 13.7. The summed E-state index contributed by atoms with van der Waals surface area (Å²) in [4.78, 5) is 50.9. The van der Waals surface area contributed by atoms with Gasteiger partial charge >= 0.3 is 19.5 Å². The molecule has 7 unspecified atom stereocenters. The normalized spacial score (nSPS) is 27.0. The Bertz CT molecular complexity index is 2160. The number of esters is 2. The fourth-order valence-electron chi connectivity index (χ4n) is 11.4. The number of carbonyl (C=O) groups excluding carboxylic acids is 4. The van der Waals surface area contributed by atoms with Crippen molar-refractivity contribution in [2.45, 2.75) is 324 Å². The van der Waals surface area contributed by atoms with Crippen LogP contribution in [0.2, 0.25) is 0 Å². The lowest BCUT2D eigenvalue weighted by Crippen LogP contribution is -2.66. The monoisotopic (exact) mass is 1410 g/mol. The minimum atomic E-state index is -3.72. The quantitative estimate of drug-likeness (QED) is 0.0143. The van der Waals surface area contributed by atoms with E-state index in [1.54, 1.807) is 0 Å². The van der Waals surface area contributed by atoms with E-state index in [-0.39, 0.29) is 83.4 Å². The minimum absolute atomic E-state index is 0.0102. The first kappa shape index (κ1) is 88.1. The average Bonchev–Trinajstić information content (AvgIpc) is 0.784. The summed E-state index contributed by atoms with van der Waals surface area (Å²) in [6, 6.07) is 0. The number of amides is 2. The maximum absolute atomic E-state index is 13.3. The molecule has 28 heteroatoms. The highest BCUT2D eigenvalue weighted by molar-refractivity contribution is 7.52. The van der Waals surface area contributed by atoms with Crippen molar-refractivity contribution in [2.75, 3.05) is 66.0 Å². The van der Waals surface area contributed by atoms with E-state index in [1.165, 1.54) is 83.7 Å². The van der Waals surface area contributed by atoms with Gasteiger partial charge in [0.1, 0.15) is 79.9 Å². The Hall–Kier alpha value is -3.13. The lowest BCUT2D eigenvalue weighted by molar-refractivity contribution is -0.379. The largest absolute Gasteiger partial charge is 0.462 e. The van der Waals surface area contributed by atoms with Crippen LogP contribution >= 0.6 is 7.60 Å². The van der Waals surface area contributed by atoms with Crippen molar-refractivity contribution in [2.24, 2.45) is 0 Å². The molecule has 17 atom stereocenters. The molecule has 0 aliphatic carbocycles. The second-order valence-electron chi connectivity index (χ2n) is 25.8. The minimum Gasteiger partial charge on any atom is -0.462 e. The van der Waals surface area contributed by atoms with Crippen molar-refractivity contribution < 1.29 is 122 Å². The number of aliphatic hydroxyl groups excluding tert-OH is 10. The van der Waals surface area contributed by atoms with Gasteiger partial charge in [0.25, 0.3) is 0 Å². The number of hydrogen-bond donors (Lipinski definition) is 12. The Morgan fingerprint density at radius 2 is 0.835 bits per heavy atom. The zero-order valence-corrected chi connectivity index (χ0v) is 59.2. The lowest BCUT2D eigenvalue weighted by Gasteiger charge is -2.48. The number of carbonyl (C=O) groups is 4. The van der Waals surface area contributed by atoms with Crippen molar-refractivity contribution in [3.05, 3.63) is 24.3 Å². The third-order valence-corrected chi connectivity index (χ3v) is 18.6. The first-order valence-corrected chi connectivity index (χ1v) is 38.3. The average molecular weight is 1410 g/mol. The molecule has 0 aromatic rings. The number of hydrogen-bond acceptors (Lipinski definition) is 25. The van der Waals surface area contributed by atoms with Gasteiger partial charge in [-0.2, -0.15) is 0 Å².